The number of aliphatic hydroxyl groups is 1. The van der Waals surface area contributed by atoms with E-state index in [-0.39, 0.29) is 12.8 Å². The molecule has 2 N–H and O–H groups in total. The van der Waals surface area contributed by atoms with Crippen LogP contribution in [0.3, 0.4) is 0 Å². The number of amides is 1. The number of aliphatic hydroxyl groups excluding tert-OH is 1. The largest absolute Gasteiger partial charge is 0.481 e. The van der Waals surface area contributed by atoms with Gasteiger partial charge in [-0.15, -0.1) is 0 Å². The molecule has 2 aromatic rings. The van der Waals surface area contributed by atoms with Crippen LogP contribution in [-0.2, 0) is 9.59 Å². The zero-order valence-corrected chi connectivity index (χ0v) is 19.7. The molecule has 34 heavy (non-hydrogen) atoms. The highest BCUT2D eigenvalue weighted by atomic mass is 35.5. The maximum absolute atomic E-state index is 13.6. The quantitative estimate of drug-likeness (QED) is 0.483. The molecule has 0 radical (unpaired) electrons. The summed E-state index contributed by atoms with van der Waals surface area (Å²) in [4.78, 5) is 26.1. The Labute approximate surface area is 205 Å². The molecular formula is C24H24Cl2F3NO4. The number of alkyl halides is 3. The Bertz CT molecular complexity index is 1030. The van der Waals surface area contributed by atoms with Gasteiger partial charge in [0.2, 0.25) is 5.91 Å². The third-order valence-corrected chi connectivity index (χ3v) is 6.69. The molecule has 10 heteroatoms. The number of likely N-dealkylation sites (tertiary alicyclic amines) is 1. The third kappa shape index (κ3) is 5.67. The van der Waals surface area contributed by atoms with Gasteiger partial charge < -0.3 is 15.1 Å². The summed E-state index contributed by atoms with van der Waals surface area (Å²) >= 11 is 12.2. The normalized spacial score (nSPS) is 23.0. The lowest BCUT2D eigenvalue weighted by atomic mass is 9.74. The van der Waals surface area contributed by atoms with E-state index in [9.17, 15) is 33.0 Å². The number of hydrogen-bond donors (Lipinski definition) is 2. The van der Waals surface area contributed by atoms with E-state index in [0.29, 0.717) is 21.2 Å². The van der Waals surface area contributed by atoms with Crippen LogP contribution in [0.1, 0.15) is 49.3 Å². The summed E-state index contributed by atoms with van der Waals surface area (Å²) in [6.45, 7) is 1.45. The molecular weight excluding hydrogens is 494 g/mol. The number of halogens is 5. The monoisotopic (exact) mass is 517 g/mol. The summed E-state index contributed by atoms with van der Waals surface area (Å²) in [7, 11) is 0. The van der Waals surface area contributed by atoms with Gasteiger partial charge in [-0.3, -0.25) is 9.59 Å². The van der Waals surface area contributed by atoms with E-state index in [4.69, 9.17) is 23.2 Å². The lowest BCUT2D eigenvalue weighted by Gasteiger charge is -2.49. The molecule has 3 rings (SSSR count). The summed E-state index contributed by atoms with van der Waals surface area (Å²) < 4.78 is 40.8. The molecule has 1 fully saturated rings. The molecule has 2 aromatic carbocycles. The number of benzene rings is 2. The molecule has 0 aromatic heterocycles. The molecule has 5 atom stereocenters. The average molecular weight is 518 g/mol. The van der Waals surface area contributed by atoms with E-state index in [2.05, 4.69) is 0 Å². The van der Waals surface area contributed by atoms with Crippen LogP contribution in [0.4, 0.5) is 13.2 Å². The summed E-state index contributed by atoms with van der Waals surface area (Å²) in [6, 6.07) is 10.6. The van der Waals surface area contributed by atoms with Gasteiger partial charge >= 0.3 is 12.1 Å². The van der Waals surface area contributed by atoms with Crippen molar-refractivity contribution in [3.05, 3.63) is 69.7 Å². The maximum Gasteiger partial charge on any atom is 0.416 e. The summed E-state index contributed by atoms with van der Waals surface area (Å²) in [5.41, 5.74) is 1.17. The standard InChI is InChI=1S/C24H24Cl2F3NO4/c1-2-19(22(33)24(27,28)29)30-21(13-6-8-16(25)9-7-13)18(14-4-3-5-17(26)10-14)11-15(23(30)34)12-20(31)32/h3-10,15,18-19,21-22,33H,2,11-12H2,1H3,(H,31,32). The molecule has 1 heterocycles. The number of rotatable bonds is 7. The molecule has 1 aliphatic rings. The van der Waals surface area contributed by atoms with Gasteiger partial charge in [0.1, 0.15) is 0 Å². The van der Waals surface area contributed by atoms with E-state index in [1.165, 1.54) is 6.92 Å². The summed E-state index contributed by atoms with van der Waals surface area (Å²) in [5.74, 6) is -3.62. The Hall–Kier alpha value is -2.29. The maximum atomic E-state index is 13.6. The topological polar surface area (TPSA) is 77.8 Å². The first kappa shape index (κ1) is 26.3. The fourth-order valence-corrected chi connectivity index (χ4v) is 5.05. The van der Waals surface area contributed by atoms with Gasteiger partial charge in [-0.1, -0.05) is 54.4 Å². The number of carboxylic acids is 1. The second-order valence-corrected chi connectivity index (χ2v) is 9.27. The molecule has 0 spiro atoms. The van der Waals surface area contributed by atoms with Gasteiger partial charge in [0.15, 0.2) is 6.10 Å². The summed E-state index contributed by atoms with van der Waals surface area (Å²) in [5, 5.41) is 20.4. The molecule has 5 nitrogen and oxygen atoms in total. The van der Waals surface area contributed by atoms with Gasteiger partial charge in [0.25, 0.3) is 0 Å². The van der Waals surface area contributed by atoms with Crippen molar-refractivity contribution < 1.29 is 33.0 Å². The van der Waals surface area contributed by atoms with Crippen LogP contribution in [-0.4, -0.2) is 45.3 Å². The molecule has 184 valence electrons. The second kappa shape index (κ2) is 10.5. The minimum absolute atomic E-state index is 0.0911. The van der Waals surface area contributed by atoms with E-state index < -0.39 is 54.5 Å². The van der Waals surface area contributed by atoms with Crippen molar-refractivity contribution >= 4 is 35.1 Å². The van der Waals surface area contributed by atoms with Crippen molar-refractivity contribution in [2.75, 3.05) is 0 Å². The number of carboxylic acid groups (broad SMARTS) is 1. The number of carbonyl (C=O) groups is 2. The van der Waals surface area contributed by atoms with Crippen molar-refractivity contribution in [3.63, 3.8) is 0 Å². The predicted octanol–water partition coefficient (Wildman–Crippen LogP) is 5.84. The van der Waals surface area contributed by atoms with Gasteiger partial charge in [0, 0.05) is 21.9 Å². The SMILES string of the molecule is CCC(C(O)C(F)(F)F)N1C(=O)C(CC(=O)O)CC(c2cccc(Cl)c2)C1c1ccc(Cl)cc1. The average Bonchev–Trinajstić information content (AvgIpc) is 2.76. The highest BCUT2D eigenvalue weighted by molar-refractivity contribution is 6.30. The molecule has 0 bridgehead atoms. The van der Waals surface area contributed by atoms with E-state index in [0.717, 1.165) is 4.90 Å². The lowest BCUT2D eigenvalue weighted by Crippen LogP contribution is -2.58. The van der Waals surface area contributed by atoms with Crippen molar-refractivity contribution in [3.8, 4) is 0 Å². The number of hydrogen-bond acceptors (Lipinski definition) is 3. The first-order valence-corrected chi connectivity index (χ1v) is 11.5. The molecule has 1 amide bonds. The molecule has 0 saturated carbocycles. The Morgan fingerprint density at radius 1 is 1.12 bits per heavy atom. The van der Waals surface area contributed by atoms with Gasteiger partial charge in [0.05, 0.1) is 18.5 Å². The van der Waals surface area contributed by atoms with Crippen molar-refractivity contribution in [2.45, 2.75) is 56.5 Å². The van der Waals surface area contributed by atoms with Crippen LogP contribution in [0.15, 0.2) is 48.5 Å². The Morgan fingerprint density at radius 3 is 2.29 bits per heavy atom. The van der Waals surface area contributed by atoms with Crippen molar-refractivity contribution in [1.82, 2.24) is 4.90 Å². The molecule has 1 aliphatic heterocycles. The highest BCUT2D eigenvalue weighted by Gasteiger charge is 2.52. The first-order chi connectivity index (χ1) is 15.9. The minimum atomic E-state index is -4.98. The zero-order chi connectivity index (χ0) is 25.2. The van der Waals surface area contributed by atoms with Crippen LogP contribution < -0.4 is 0 Å². The third-order valence-electron chi connectivity index (χ3n) is 6.21. The van der Waals surface area contributed by atoms with Crippen LogP contribution in [0.2, 0.25) is 10.0 Å². The van der Waals surface area contributed by atoms with Crippen LogP contribution >= 0.6 is 23.2 Å². The van der Waals surface area contributed by atoms with Crippen LogP contribution in [0.5, 0.6) is 0 Å². The Morgan fingerprint density at radius 2 is 1.76 bits per heavy atom. The van der Waals surface area contributed by atoms with E-state index in [1.54, 1.807) is 48.5 Å². The number of carbonyl (C=O) groups excluding carboxylic acids is 1. The van der Waals surface area contributed by atoms with E-state index in [1.807, 2.05) is 0 Å². The molecule has 1 saturated heterocycles. The Balaban J connectivity index is 2.23. The number of nitrogens with zero attached hydrogens (tertiary/aromatic N) is 1. The molecule has 0 aliphatic carbocycles. The van der Waals surface area contributed by atoms with E-state index >= 15 is 0 Å². The first-order valence-electron chi connectivity index (χ1n) is 10.7. The number of aliphatic carboxylic acids is 1. The van der Waals surface area contributed by atoms with Gasteiger partial charge in [-0.25, -0.2) is 0 Å². The number of piperidine rings is 1. The predicted molar refractivity (Wildman–Crippen MR) is 122 cm³/mol. The van der Waals surface area contributed by atoms with Crippen molar-refractivity contribution in [1.29, 1.82) is 0 Å². The van der Waals surface area contributed by atoms with Crippen LogP contribution in [0, 0.1) is 5.92 Å². The smallest absolute Gasteiger partial charge is 0.416 e. The fourth-order valence-electron chi connectivity index (χ4n) is 4.73. The zero-order valence-electron chi connectivity index (χ0n) is 18.2. The molecule has 5 unspecified atom stereocenters. The van der Waals surface area contributed by atoms with Crippen molar-refractivity contribution in [2.24, 2.45) is 5.92 Å². The van der Waals surface area contributed by atoms with Crippen LogP contribution in [0.25, 0.3) is 0 Å². The Kier molecular flexibility index (Phi) is 8.16. The fraction of sp³-hybridized carbons (Fsp3) is 0.417. The lowest BCUT2D eigenvalue weighted by molar-refractivity contribution is -0.226. The summed E-state index contributed by atoms with van der Waals surface area (Å²) in [6.07, 6.45) is -8.43. The van der Waals surface area contributed by atoms with Gasteiger partial charge in [-0.2, -0.15) is 13.2 Å². The second-order valence-electron chi connectivity index (χ2n) is 8.40. The minimum Gasteiger partial charge on any atom is -0.481 e. The van der Waals surface area contributed by atoms with Gasteiger partial charge in [-0.05, 0) is 48.2 Å². The highest BCUT2D eigenvalue weighted by Crippen LogP contribution is 2.48.